The molecule has 6 nitrogen and oxygen atoms in total. The van der Waals surface area contributed by atoms with Gasteiger partial charge in [-0.05, 0) is 12.8 Å². The van der Waals surface area contributed by atoms with E-state index in [0.29, 0.717) is 45.9 Å². The number of methoxy groups -OCH3 is 1. The lowest BCUT2D eigenvalue weighted by Crippen LogP contribution is -2.45. The molecule has 0 unspecified atom stereocenters. The van der Waals surface area contributed by atoms with Crippen molar-refractivity contribution in [3.8, 4) is 6.07 Å². The Morgan fingerprint density at radius 2 is 2.21 bits per heavy atom. The van der Waals surface area contributed by atoms with Crippen molar-refractivity contribution in [3.05, 3.63) is 0 Å². The molecule has 19 heavy (non-hydrogen) atoms. The number of hydrogen-bond acceptors (Lipinski definition) is 5. The molecule has 0 atom stereocenters. The first kappa shape index (κ1) is 15.9. The highest BCUT2D eigenvalue weighted by atomic mass is 16.5. The number of nitrogens with zero attached hydrogens (tertiary/aromatic N) is 2. The van der Waals surface area contributed by atoms with Gasteiger partial charge in [0, 0.05) is 45.9 Å². The quantitative estimate of drug-likeness (QED) is 0.678. The third kappa shape index (κ3) is 7.11. The fourth-order valence-electron chi connectivity index (χ4n) is 2.02. The van der Waals surface area contributed by atoms with Crippen molar-refractivity contribution in [3.63, 3.8) is 0 Å². The van der Waals surface area contributed by atoms with Crippen LogP contribution in [0.3, 0.4) is 0 Å². The molecule has 1 heterocycles. The maximum Gasteiger partial charge on any atom is 0.234 e. The van der Waals surface area contributed by atoms with E-state index in [1.807, 2.05) is 4.90 Å². The summed E-state index contributed by atoms with van der Waals surface area (Å²) >= 11 is 0. The SMILES string of the molecule is COCCN(CCC#N)CC(=O)NC1CCOCC1. The monoisotopic (exact) mass is 269 g/mol. The van der Waals surface area contributed by atoms with Gasteiger partial charge in [0.05, 0.1) is 19.2 Å². The van der Waals surface area contributed by atoms with Crippen LogP contribution >= 0.6 is 0 Å². The maximum absolute atomic E-state index is 11.9. The predicted molar refractivity (Wildman–Crippen MR) is 70.5 cm³/mol. The molecule has 0 bridgehead atoms. The standard InChI is InChI=1S/C13H23N3O3/c1-18-10-7-16(6-2-5-14)11-13(17)15-12-3-8-19-9-4-12/h12H,2-4,6-11H2,1H3,(H,15,17). The van der Waals surface area contributed by atoms with Crippen LogP contribution in [0.25, 0.3) is 0 Å². The van der Waals surface area contributed by atoms with Crippen LogP contribution in [-0.2, 0) is 14.3 Å². The summed E-state index contributed by atoms with van der Waals surface area (Å²) in [5.41, 5.74) is 0. The molecule has 0 saturated carbocycles. The first-order chi connectivity index (χ1) is 9.26. The Balaban J connectivity index is 2.29. The molecule has 1 N–H and O–H groups in total. The van der Waals surface area contributed by atoms with Gasteiger partial charge in [0.15, 0.2) is 0 Å². The van der Waals surface area contributed by atoms with Crippen LogP contribution in [0.4, 0.5) is 0 Å². The number of nitriles is 1. The van der Waals surface area contributed by atoms with Crippen molar-refractivity contribution in [1.82, 2.24) is 10.2 Å². The van der Waals surface area contributed by atoms with Crippen molar-refractivity contribution in [2.24, 2.45) is 0 Å². The second-order valence-electron chi connectivity index (χ2n) is 4.63. The van der Waals surface area contributed by atoms with Gasteiger partial charge in [-0.15, -0.1) is 0 Å². The van der Waals surface area contributed by atoms with Gasteiger partial charge < -0.3 is 14.8 Å². The van der Waals surface area contributed by atoms with Crippen LogP contribution in [0, 0.1) is 11.3 Å². The second-order valence-corrected chi connectivity index (χ2v) is 4.63. The number of carbonyl (C=O) groups excluding carboxylic acids is 1. The normalized spacial score (nSPS) is 16.3. The van der Waals surface area contributed by atoms with Gasteiger partial charge in [-0.25, -0.2) is 0 Å². The Bertz CT molecular complexity index is 298. The number of nitrogens with one attached hydrogen (secondary N) is 1. The molecule has 1 amide bonds. The second kappa shape index (κ2) is 9.73. The molecule has 0 aromatic carbocycles. The Labute approximate surface area is 114 Å². The van der Waals surface area contributed by atoms with Crippen molar-refractivity contribution in [2.75, 3.05) is 46.6 Å². The summed E-state index contributed by atoms with van der Waals surface area (Å²) in [6.45, 7) is 3.58. The lowest BCUT2D eigenvalue weighted by Gasteiger charge is -2.25. The third-order valence-corrected chi connectivity index (χ3v) is 3.11. The summed E-state index contributed by atoms with van der Waals surface area (Å²) in [6.07, 6.45) is 2.18. The van der Waals surface area contributed by atoms with E-state index < -0.39 is 0 Å². The first-order valence-corrected chi connectivity index (χ1v) is 6.71. The minimum atomic E-state index is 0.0148. The van der Waals surface area contributed by atoms with Gasteiger partial charge in [-0.1, -0.05) is 0 Å². The van der Waals surface area contributed by atoms with E-state index in [4.69, 9.17) is 14.7 Å². The smallest absolute Gasteiger partial charge is 0.234 e. The van der Waals surface area contributed by atoms with Crippen molar-refractivity contribution >= 4 is 5.91 Å². The molecular weight excluding hydrogens is 246 g/mol. The summed E-state index contributed by atoms with van der Waals surface area (Å²) in [6, 6.07) is 2.32. The van der Waals surface area contributed by atoms with Crippen molar-refractivity contribution in [2.45, 2.75) is 25.3 Å². The molecule has 6 heteroatoms. The molecule has 108 valence electrons. The van der Waals surface area contributed by atoms with E-state index in [1.165, 1.54) is 0 Å². The van der Waals surface area contributed by atoms with Crippen LogP contribution in [0.2, 0.25) is 0 Å². The predicted octanol–water partition coefficient (Wildman–Crippen LogP) is 0.144. The van der Waals surface area contributed by atoms with E-state index in [0.717, 1.165) is 12.8 Å². The van der Waals surface area contributed by atoms with Gasteiger partial charge in [-0.2, -0.15) is 5.26 Å². The lowest BCUT2D eigenvalue weighted by atomic mass is 10.1. The molecule has 1 aliphatic heterocycles. The number of hydrogen-bond donors (Lipinski definition) is 1. The van der Waals surface area contributed by atoms with E-state index in [9.17, 15) is 4.79 Å². The fraction of sp³-hybridized carbons (Fsp3) is 0.846. The number of carbonyl (C=O) groups is 1. The number of rotatable bonds is 8. The molecule has 0 spiro atoms. The zero-order chi connectivity index (χ0) is 13.9. The highest BCUT2D eigenvalue weighted by Gasteiger charge is 2.17. The van der Waals surface area contributed by atoms with Crippen molar-refractivity contribution < 1.29 is 14.3 Å². The third-order valence-electron chi connectivity index (χ3n) is 3.11. The summed E-state index contributed by atoms with van der Waals surface area (Å²) in [4.78, 5) is 13.9. The Morgan fingerprint density at radius 3 is 2.84 bits per heavy atom. The maximum atomic E-state index is 11.9. The largest absolute Gasteiger partial charge is 0.383 e. The zero-order valence-corrected chi connectivity index (χ0v) is 11.6. The molecule has 1 rings (SSSR count). The average molecular weight is 269 g/mol. The topological polar surface area (TPSA) is 74.6 Å². The Morgan fingerprint density at radius 1 is 1.47 bits per heavy atom. The van der Waals surface area contributed by atoms with Crippen LogP contribution in [0.15, 0.2) is 0 Å². The number of ether oxygens (including phenoxy) is 2. The van der Waals surface area contributed by atoms with Crippen LogP contribution in [0.1, 0.15) is 19.3 Å². The van der Waals surface area contributed by atoms with E-state index in [-0.39, 0.29) is 11.9 Å². The molecule has 1 aliphatic rings. The van der Waals surface area contributed by atoms with E-state index >= 15 is 0 Å². The van der Waals surface area contributed by atoms with Gasteiger partial charge in [0.2, 0.25) is 5.91 Å². The minimum absolute atomic E-state index is 0.0148. The molecule has 0 radical (unpaired) electrons. The van der Waals surface area contributed by atoms with Crippen molar-refractivity contribution in [1.29, 1.82) is 5.26 Å². The molecule has 0 aromatic rings. The summed E-state index contributed by atoms with van der Waals surface area (Å²) in [7, 11) is 1.63. The highest BCUT2D eigenvalue weighted by Crippen LogP contribution is 2.06. The van der Waals surface area contributed by atoms with E-state index in [2.05, 4.69) is 11.4 Å². The molecule has 0 aromatic heterocycles. The summed E-state index contributed by atoms with van der Waals surface area (Å²) < 4.78 is 10.3. The number of amides is 1. The van der Waals surface area contributed by atoms with Gasteiger partial charge in [0.25, 0.3) is 0 Å². The molecule has 1 saturated heterocycles. The summed E-state index contributed by atoms with van der Waals surface area (Å²) in [5.74, 6) is 0.0148. The van der Waals surface area contributed by atoms with E-state index in [1.54, 1.807) is 7.11 Å². The van der Waals surface area contributed by atoms with Crippen LogP contribution in [0.5, 0.6) is 0 Å². The van der Waals surface area contributed by atoms with Gasteiger partial charge >= 0.3 is 0 Å². The van der Waals surface area contributed by atoms with Gasteiger partial charge in [-0.3, -0.25) is 9.69 Å². The summed E-state index contributed by atoms with van der Waals surface area (Å²) in [5, 5.41) is 11.6. The first-order valence-electron chi connectivity index (χ1n) is 6.71. The van der Waals surface area contributed by atoms with Gasteiger partial charge in [0.1, 0.15) is 0 Å². The fourth-order valence-corrected chi connectivity index (χ4v) is 2.02. The molecule has 0 aliphatic carbocycles. The Hall–Kier alpha value is -1.16. The molecule has 1 fully saturated rings. The van der Waals surface area contributed by atoms with Crippen LogP contribution < -0.4 is 5.32 Å². The lowest BCUT2D eigenvalue weighted by molar-refractivity contribution is -0.123. The minimum Gasteiger partial charge on any atom is -0.383 e. The molecular formula is C13H23N3O3. The zero-order valence-electron chi connectivity index (χ0n) is 11.6. The average Bonchev–Trinajstić information content (AvgIpc) is 2.43. The Kier molecular flexibility index (Phi) is 8.14. The van der Waals surface area contributed by atoms with Crippen LogP contribution in [-0.4, -0.2) is 63.4 Å². The highest BCUT2D eigenvalue weighted by molar-refractivity contribution is 5.78.